The maximum absolute atomic E-state index is 9.60. The molecule has 0 aliphatic rings. The Morgan fingerprint density at radius 3 is 0.889 bits per heavy atom. The van der Waals surface area contributed by atoms with Crippen LogP contribution >= 0.6 is 0 Å². The summed E-state index contributed by atoms with van der Waals surface area (Å²) in [6.07, 6.45) is 2.05. The highest BCUT2D eigenvalue weighted by Crippen LogP contribution is 1.82. The molecule has 0 fully saturated rings. The van der Waals surface area contributed by atoms with Crippen LogP contribution in [-0.4, -0.2) is 44.3 Å². The van der Waals surface area contributed by atoms with Crippen LogP contribution in [-0.2, 0) is 19.2 Å². The minimum Gasteiger partial charge on any atom is -0.481 e. The van der Waals surface area contributed by atoms with Crippen molar-refractivity contribution in [3.63, 3.8) is 0 Å². The van der Waals surface area contributed by atoms with Crippen LogP contribution in [0.1, 0.15) is 39.5 Å². The van der Waals surface area contributed by atoms with E-state index in [0.717, 1.165) is 12.8 Å². The molecule has 0 spiro atoms. The Morgan fingerprint density at radius 2 is 0.889 bits per heavy atom. The van der Waals surface area contributed by atoms with Gasteiger partial charge in [-0.25, -0.2) is 9.59 Å². The van der Waals surface area contributed by atoms with Crippen LogP contribution < -0.4 is 0 Å². The molecule has 8 nitrogen and oxygen atoms in total. The van der Waals surface area contributed by atoms with Crippen LogP contribution in [0.5, 0.6) is 0 Å². The number of aliphatic carboxylic acids is 4. The third kappa shape index (κ3) is 37.1. The standard InChI is InChI=1S/2C4H8O2.C2H2O4/c2*1-2-3-4(5)6;3-1(4)2(5)6/h2*2-3H2,1H3,(H,5,6);(H,3,4)(H,5,6). The molecule has 0 radical (unpaired) electrons. The summed E-state index contributed by atoms with van der Waals surface area (Å²) in [5.74, 6) is -5.07. The lowest BCUT2D eigenvalue weighted by Crippen LogP contribution is -2.09. The van der Waals surface area contributed by atoms with Gasteiger partial charge in [0.05, 0.1) is 0 Å². The first kappa shape index (κ1) is 21.2. The topological polar surface area (TPSA) is 149 Å². The number of hydrogen-bond acceptors (Lipinski definition) is 4. The van der Waals surface area contributed by atoms with Crippen molar-refractivity contribution in [3.8, 4) is 0 Å². The van der Waals surface area contributed by atoms with E-state index in [9.17, 15) is 9.59 Å². The largest absolute Gasteiger partial charge is 0.481 e. The van der Waals surface area contributed by atoms with Crippen molar-refractivity contribution in [1.29, 1.82) is 0 Å². The number of hydrogen-bond donors (Lipinski definition) is 4. The van der Waals surface area contributed by atoms with E-state index >= 15 is 0 Å². The highest BCUT2D eigenvalue weighted by atomic mass is 16.4. The molecule has 0 aromatic heterocycles. The Balaban J connectivity index is -0.000000187. The van der Waals surface area contributed by atoms with Crippen LogP contribution in [0.3, 0.4) is 0 Å². The van der Waals surface area contributed by atoms with Crippen LogP contribution in [0.2, 0.25) is 0 Å². The lowest BCUT2D eigenvalue weighted by Gasteiger charge is -1.79. The number of carbonyl (C=O) groups is 4. The normalized spacial score (nSPS) is 7.89. The van der Waals surface area contributed by atoms with Crippen LogP contribution in [0.15, 0.2) is 0 Å². The smallest absolute Gasteiger partial charge is 0.414 e. The lowest BCUT2D eigenvalue weighted by molar-refractivity contribution is -0.159. The number of rotatable bonds is 4. The molecule has 106 valence electrons. The molecule has 0 saturated heterocycles. The van der Waals surface area contributed by atoms with Crippen molar-refractivity contribution < 1.29 is 39.6 Å². The summed E-state index contributed by atoms with van der Waals surface area (Å²) in [7, 11) is 0. The monoisotopic (exact) mass is 266 g/mol. The van der Waals surface area contributed by atoms with Crippen molar-refractivity contribution in [3.05, 3.63) is 0 Å². The van der Waals surface area contributed by atoms with Crippen LogP contribution in [0, 0.1) is 0 Å². The molecule has 0 aliphatic carbocycles. The van der Waals surface area contributed by atoms with Gasteiger partial charge in [-0.2, -0.15) is 0 Å². The fourth-order valence-corrected chi connectivity index (χ4v) is 0.428. The van der Waals surface area contributed by atoms with E-state index in [-0.39, 0.29) is 0 Å². The molecule has 0 amide bonds. The molecule has 0 saturated carbocycles. The van der Waals surface area contributed by atoms with Gasteiger partial charge in [0, 0.05) is 12.8 Å². The predicted molar refractivity (Wildman–Crippen MR) is 60.4 cm³/mol. The third-order valence-corrected chi connectivity index (χ3v) is 1.11. The first-order valence-electron chi connectivity index (χ1n) is 5.08. The Labute approximate surface area is 104 Å². The van der Waals surface area contributed by atoms with E-state index in [2.05, 4.69) is 0 Å². The summed E-state index contributed by atoms with van der Waals surface area (Å²) < 4.78 is 0. The second-order valence-corrected chi connectivity index (χ2v) is 2.90. The molecule has 0 bridgehead atoms. The molecule has 0 aliphatic heterocycles. The van der Waals surface area contributed by atoms with E-state index in [1.165, 1.54) is 0 Å². The first-order chi connectivity index (χ1) is 8.18. The van der Waals surface area contributed by atoms with E-state index in [4.69, 9.17) is 30.0 Å². The molecule has 0 unspecified atom stereocenters. The average Bonchev–Trinajstić information content (AvgIpc) is 2.18. The van der Waals surface area contributed by atoms with Crippen molar-refractivity contribution in [2.75, 3.05) is 0 Å². The van der Waals surface area contributed by atoms with Crippen LogP contribution in [0.4, 0.5) is 0 Å². The lowest BCUT2D eigenvalue weighted by atomic mass is 10.4. The molecule has 4 N–H and O–H groups in total. The van der Waals surface area contributed by atoms with Gasteiger partial charge in [-0.3, -0.25) is 9.59 Å². The predicted octanol–water partition coefficient (Wildman–Crippen LogP) is 0.898. The minimum atomic E-state index is -1.82. The Hall–Kier alpha value is -2.12. The second-order valence-electron chi connectivity index (χ2n) is 2.90. The molecule has 0 aromatic carbocycles. The van der Waals surface area contributed by atoms with Gasteiger partial charge in [0.1, 0.15) is 0 Å². The Bertz CT molecular complexity index is 243. The van der Waals surface area contributed by atoms with E-state index < -0.39 is 23.9 Å². The quantitative estimate of drug-likeness (QED) is 0.548. The number of carboxylic acid groups (broad SMARTS) is 4. The van der Waals surface area contributed by atoms with Gasteiger partial charge in [0.15, 0.2) is 0 Å². The van der Waals surface area contributed by atoms with Gasteiger partial charge in [-0.1, -0.05) is 13.8 Å². The molecule has 0 atom stereocenters. The molecular weight excluding hydrogens is 248 g/mol. The zero-order valence-electron chi connectivity index (χ0n) is 10.3. The third-order valence-electron chi connectivity index (χ3n) is 1.11. The molecule has 0 rings (SSSR count). The van der Waals surface area contributed by atoms with Gasteiger partial charge >= 0.3 is 23.9 Å². The van der Waals surface area contributed by atoms with Gasteiger partial charge < -0.3 is 20.4 Å². The summed E-state index contributed by atoms with van der Waals surface area (Å²) in [5, 5.41) is 30.6. The highest BCUT2D eigenvalue weighted by molar-refractivity contribution is 6.27. The number of carboxylic acids is 4. The van der Waals surface area contributed by atoms with Gasteiger partial charge in [0.2, 0.25) is 0 Å². The molecular formula is C10H18O8. The Kier molecular flexibility index (Phi) is 17.5. The first-order valence-corrected chi connectivity index (χ1v) is 5.08. The molecule has 8 heteroatoms. The maximum Gasteiger partial charge on any atom is 0.414 e. The summed E-state index contributed by atoms with van der Waals surface area (Å²) in [6.45, 7) is 3.68. The second kappa shape index (κ2) is 14.9. The van der Waals surface area contributed by atoms with E-state index in [1.807, 2.05) is 13.8 Å². The Morgan fingerprint density at radius 1 is 0.667 bits per heavy atom. The summed E-state index contributed by atoms with van der Waals surface area (Å²) in [4.78, 5) is 37.4. The zero-order valence-corrected chi connectivity index (χ0v) is 10.3. The average molecular weight is 266 g/mol. The molecule has 0 heterocycles. The van der Waals surface area contributed by atoms with E-state index in [1.54, 1.807) is 0 Å². The van der Waals surface area contributed by atoms with Crippen LogP contribution in [0.25, 0.3) is 0 Å². The van der Waals surface area contributed by atoms with Crippen molar-refractivity contribution in [2.24, 2.45) is 0 Å². The van der Waals surface area contributed by atoms with Gasteiger partial charge in [-0.15, -0.1) is 0 Å². The summed E-state index contributed by atoms with van der Waals surface area (Å²) >= 11 is 0. The highest BCUT2D eigenvalue weighted by Gasteiger charge is 2.04. The minimum absolute atomic E-state index is 0.292. The molecule has 0 aromatic rings. The van der Waals surface area contributed by atoms with Gasteiger partial charge in [0.25, 0.3) is 0 Å². The fraction of sp³-hybridized carbons (Fsp3) is 0.600. The van der Waals surface area contributed by atoms with Crippen molar-refractivity contribution >= 4 is 23.9 Å². The van der Waals surface area contributed by atoms with Gasteiger partial charge in [-0.05, 0) is 12.8 Å². The zero-order chi connectivity index (χ0) is 15.1. The summed E-state index contributed by atoms with van der Waals surface area (Å²) in [6, 6.07) is 0. The summed E-state index contributed by atoms with van der Waals surface area (Å²) in [5.41, 5.74) is 0. The SMILES string of the molecule is CCCC(=O)O.CCCC(=O)O.O=C(O)C(=O)O. The van der Waals surface area contributed by atoms with Crippen molar-refractivity contribution in [2.45, 2.75) is 39.5 Å². The van der Waals surface area contributed by atoms with E-state index in [0.29, 0.717) is 12.8 Å². The molecule has 18 heavy (non-hydrogen) atoms. The van der Waals surface area contributed by atoms with Crippen molar-refractivity contribution in [1.82, 2.24) is 0 Å². The fourth-order valence-electron chi connectivity index (χ4n) is 0.428. The maximum atomic E-state index is 9.60.